The smallest absolute Gasteiger partial charge is 0.227 e. The molecule has 0 aromatic heterocycles. The molecular weight excluding hydrogens is 314 g/mol. The topological polar surface area (TPSA) is 49.8 Å². The molecule has 1 saturated heterocycles. The predicted octanol–water partition coefficient (Wildman–Crippen LogP) is 2.77. The third-order valence-electron chi connectivity index (χ3n) is 5.68. The van der Waals surface area contributed by atoms with Crippen LogP contribution >= 0.6 is 0 Å². The van der Waals surface area contributed by atoms with Crippen LogP contribution in [0.2, 0.25) is 0 Å². The number of carbonyl (C=O) groups is 1. The average molecular weight is 339 g/mol. The number of morpholine rings is 1. The van der Waals surface area contributed by atoms with Crippen LogP contribution in [0, 0.1) is 5.92 Å². The summed E-state index contributed by atoms with van der Waals surface area (Å²) in [5.74, 6) is 0.295. The van der Waals surface area contributed by atoms with Crippen molar-refractivity contribution >= 4 is 16.7 Å². The van der Waals surface area contributed by atoms with Gasteiger partial charge in [0.2, 0.25) is 5.91 Å². The molecule has 2 aliphatic rings. The Morgan fingerprint density at radius 2 is 2.00 bits per heavy atom. The van der Waals surface area contributed by atoms with E-state index in [-0.39, 0.29) is 24.0 Å². The number of aliphatic hydroxyl groups is 1. The van der Waals surface area contributed by atoms with Gasteiger partial charge in [-0.15, -0.1) is 0 Å². The Morgan fingerprint density at radius 3 is 2.80 bits per heavy atom. The monoisotopic (exact) mass is 339 g/mol. The summed E-state index contributed by atoms with van der Waals surface area (Å²) in [4.78, 5) is 14.9. The molecule has 3 atom stereocenters. The van der Waals surface area contributed by atoms with Crippen molar-refractivity contribution in [2.24, 2.45) is 5.92 Å². The summed E-state index contributed by atoms with van der Waals surface area (Å²) in [7, 11) is 0. The van der Waals surface area contributed by atoms with Gasteiger partial charge in [0.05, 0.1) is 31.8 Å². The number of nitrogens with zero attached hydrogens (tertiary/aromatic N) is 1. The van der Waals surface area contributed by atoms with Crippen LogP contribution in [-0.4, -0.2) is 47.8 Å². The number of ether oxygens (including phenoxy) is 1. The van der Waals surface area contributed by atoms with Crippen molar-refractivity contribution in [3.63, 3.8) is 0 Å². The Hall–Kier alpha value is -1.91. The summed E-state index contributed by atoms with van der Waals surface area (Å²) in [6.07, 6.45) is 2.96. The molecule has 2 aromatic carbocycles. The zero-order chi connectivity index (χ0) is 17.2. The Labute approximate surface area is 148 Å². The third kappa shape index (κ3) is 3.42. The van der Waals surface area contributed by atoms with Gasteiger partial charge < -0.3 is 14.7 Å². The van der Waals surface area contributed by atoms with E-state index in [0.29, 0.717) is 26.2 Å². The molecule has 0 unspecified atom stereocenters. The second-order valence-corrected chi connectivity index (χ2v) is 7.25. The largest absolute Gasteiger partial charge is 0.393 e. The van der Waals surface area contributed by atoms with Gasteiger partial charge in [-0.1, -0.05) is 48.9 Å². The fourth-order valence-corrected chi connectivity index (χ4v) is 4.33. The summed E-state index contributed by atoms with van der Waals surface area (Å²) in [5.41, 5.74) is 1.04. The van der Waals surface area contributed by atoms with E-state index in [2.05, 4.69) is 24.3 Å². The number of hydrogen-bond donors (Lipinski definition) is 1. The third-order valence-corrected chi connectivity index (χ3v) is 5.68. The second-order valence-electron chi connectivity index (χ2n) is 7.25. The van der Waals surface area contributed by atoms with Gasteiger partial charge in [-0.2, -0.15) is 0 Å². The molecule has 25 heavy (non-hydrogen) atoms. The minimum Gasteiger partial charge on any atom is -0.393 e. The minimum atomic E-state index is -0.303. The summed E-state index contributed by atoms with van der Waals surface area (Å²) >= 11 is 0. The van der Waals surface area contributed by atoms with Gasteiger partial charge in [0.15, 0.2) is 0 Å². The maximum atomic E-state index is 13.0. The fraction of sp³-hybridized carbons (Fsp3) is 0.476. The molecule has 0 bridgehead atoms. The second kappa shape index (κ2) is 7.14. The molecule has 0 spiro atoms. The SMILES string of the molecule is O=C(Cc1ccc2ccccc2c1)N1CCOC[C@@H]1[C@H]1CCC[C@H]1O. The molecule has 0 radical (unpaired) electrons. The molecule has 1 N–H and O–H groups in total. The van der Waals surface area contributed by atoms with Crippen LogP contribution in [0.4, 0.5) is 0 Å². The zero-order valence-corrected chi connectivity index (χ0v) is 14.4. The van der Waals surface area contributed by atoms with E-state index in [1.807, 2.05) is 23.1 Å². The van der Waals surface area contributed by atoms with E-state index in [1.54, 1.807) is 0 Å². The van der Waals surface area contributed by atoms with Gasteiger partial charge in [-0.3, -0.25) is 4.79 Å². The van der Waals surface area contributed by atoms with Gasteiger partial charge in [-0.25, -0.2) is 0 Å². The van der Waals surface area contributed by atoms with E-state index in [0.717, 1.165) is 30.2 Å². The molecule has 1 heterocycles. The minimum absolute atomic E-state index is 0.0132. The molecule has 4 nitrogen and oxygen atoms in total. The molecule has 1 amide bonds. The van der Waals surface area contributed by atoms with Crippen LogP contribution in [0.3, 0.4) is 0 Å². The highest BCUT2D eigenvalue weighted by Crippen LogP contribution is 2.32. The number of fused-ring (bicyclic) bond motifs is 1. The Morgan fingerprint density at radius 1 is 1.16 bits per heavy atom. The summed E-state index contributed by atoms with van der Waals surface area (Å²) in [5, 5.41) is 12.6. The molecule has 4 rings (SSSR count). The van der Waals surface area contributed by atoms with Crippen LogP contribution in [0.25, 0.3) is 10.8 Å². The molecule has 1 saturated carbocycles. The maximum Gasteiger partial charge on any atom is 0.227 e. The van der Waals surface area contributed by atoms with Crippen molar-refractivity contribution in [3.05, 3.63) is 48.0 Å². The van der Waals surface area contributed by atoms with E-state index < -0.39 is 0 Å². The van der Waals surface area contributed by atoms with Gasteiger partial charge >= 0.3 is 0 Å². The molecular formula is C21H25NO3. The van der Waals surface area contributed by atoms with Crippen molar-refractivity contribution in [1.82, 2.24) is 4.90 Å². The van der Waals surface area contributed by atoms with Crippen molar-refractivity contribution in [1.29, 1.82) is 0 Å². The first-order valence-corrected chi connectivity index (χ1v) is 9.25. The highest BCUT2D eigenvalue weighted by Gasteiger charge is 2.39. The lowest BCUT2D eigenvalue weighted by Gasteiger charge is -2.40. The fourth-order valence-electron chi connectivity index (χ4n) is 4.33. The lowest BCUT2D eigenvalue weighted by atomic mass is 9.93. The first-order valence-electron chi connectivity index (χ1n) is 9.25. The highest BCUT2D eigenvalue weighted by molar-refractivity contribution is 5.85. The lowest BCUT2D eigenvalue weighted by Crippen LogP contribution is -2.54. The van der Waals surface area contributed by atoms with Crippen molar-refractivity contribution in [3.8, 4) is 0 Å². The van der Waals surface area contributed by atoms with E-state index in [9.17, 15) is 9.90 Å². The van der Waals surface area contributed by atoms with Crippen LogP contribution in [-0.2, 0) is 16.0 Å². The Balaban J connectivity index is 1.51. The quantitative estimate of drug-likeness (QED) is 0.935. The Bertz CT molecular complexity index is 760. The molecule has 2 fully saturated rings. The Kier molecular flexibility index (Phi) is 4.73. The molecule has 132 valence electrons. The van der Waals surface area contributed by atoms with Crippen LogP contribution in [0.1, 0.15) is 24.8 Å². The highest BCUT2D eigenvalue weighted by atomic mass is 16.5. The summed E-state index contributed by atoms with van der Waals surface area (Å²) < 4.78 is 5.63. The standard InChI is InChI=1S/C21H25NO3/c23-20-7-3-6-18(20)19-14-25-11-10-22(19)21(24)13-15-8-9-16-4-1-2-5-17(16)12-15/h1-2,4-5,8-9,12,18-20,23H,3,6-7,10-11,13-14H2/t18-,19-,20-/m1/s1. The number of rotatable bonds is 3. The number of carbonyl (C=O) groups excluding carboxylic acids is 1. The summed E-state index contributed by atoms with van der Waals surface area (Å²) in [6, 6.07) is 14.4. The number of hydrogen-bond acceptors (Lipinski definition) is 3. The average Bonchev–Trinajstić information content (AvgIpc) is 3.07. The lowest BCUT2D eigenvalue weighted by molar-refractivity contribution is -0.143. The van der Waals surface area contributed by atoms with Crippen molar-refractivity contribution in [2.45, 2.75) is 37.8 Å². The number of aliphatic hydroxyl groups excluding tert-OH is 1. The van der Waals surface area contributed by atoms with Crippen LogP contribution in [0.15, 0.2) is 42.5 Å². The van der Waals surface area contributed by atoms with E-state index in [1.165, 1.54) is 5.39 Å². The van der Waals surface area contributed by atoms with Gasteiger partial charge in [0.1, 0.15) is 0 Å². The molecule has 1 aliphatic heterocycles. The summed E-state index contributed by atoms with van der Waals surface area (Å²) in [6.45, 7) is 1.76. The number of amides is 1. The van der Waals surface area contributed by atoms with Crippen molar-refractivity contribution < 1.29 is 14.6 Å². The van der Waals surface area contributed by atoms with Crippen molar-refractivity contribution in [2.75, 3.05) is 19.8 Å². The van der Waals surface area contributed by atoms with E-state index >= 15 is 0 Å². The number of benzene rings is 2. The maximum absolute atomic E-state index is 13.0. The first kappa shape index (κ1) is 16.6. The first-order chi connectivity index (χ1) is 12.2. The van der Waals surface area contributed by atoms with Crippen LogP contribution < -0.4 is 0 Å². The normalized spacial score (nSPS) is 26.9. The van der Waals surface area contributed by atoms with Gasteiger partial charge in [0, 0.05) is 12.5 Å². The molecule has 1 aliphatic carbocycles. The van der Waals surface area contributed by atoms with Crippen LogP contribution in [0.5, 0.6) is 0 Å². The zero-order valence-electron chi connectivity index (χ0n) is 14.4. The predicted molar refractivity (Wildman–Crippen MR) is 97.3 cm³/mol. The molecule has 4 heteroatoms. The van der Waals surface area contributed by atoms with Gasteiger partial charge in [-0.05, 0) is 29.2 Å². The van der Waals surface area contributed by atoms with E-state index in [4.69, 9.17) is 4.74 Å². The molecule has 2 aromatic rings. The van der Waals surface area contributed by atoms with Gasteiger partial charge in [0.25, 0.3) is 0 Å².